The van der Waals surface area contributed by atoms with Gasteiger partial charge in [0.15, 0.2) is 0 Å². The summed E-state index contributed by atoms with van der Waals surface area (Å²) in [4.78, 5) is 3.47. The average molecular weight is 339 g/mol. The van der Waals surface area contributed by atoms with E-state index in [2.05, 4.69) is 10.3 Å². The molecule has 0 amide bonds. The predicted octanol–water partition coefficient (Wildman–Crippen LogP) is 4.52. The van der Waals surface area contributed by atoms with Crippen LogP contribution in [0.15, 0.2) is 30.5 Å². The molecule has 1 aromatic carbocycles. The van der Waals surface area contributed by atoms with Gasteiger partial charge in [-0.2, -0.15) is 4.39 Å². The SMILES string of the molecule is Fc1cc(-c2cc(NCC3CCOCC3)ccc2F)c(Cl)cn1. The van der Waals surface area contributed by atoms with Crippen molar-refractivity contribution in [1.82, 2.24) is 4.98 Å². The highest BCUT2D eigenvalue weighted by Gasteiger charge is 2.15. The van der Waals surface area contributed by atoms with Crippen LogP contribution in [0.1, 0.15) is 12.8 Å². The van der Waals surface area contributed by atoms with Crippen LogP contribution in [0.2, 0.25) is 5.02 Å². The lowest BCUT2D eigenvalue weighted by molar-refractivity contribution is 0.0699. The molecule has 1 N–H and O–H groups in total. The number of hydrogen-bond acceptors (Lipinski definition) is 3. The zero-order chi connectivity index (χ0) is 16.2. The number of pyridine rings is 1. The summed E-state index contributed by atoms with van der Waals surface area (Å²) in [5, 5.41) is 3.53. The quantitative estimate of drug-likeness (QED) is 0.832. The normalized spacial score (nSPS) is 15.6. The fourth-order valence-corrected chi connectivity index (χ4v) is 2.88. The molecular formula is C17H17ClF2N2O. The minimum absolute atomic E-state index is 0.215. The lowest BCUT2D eigenvalue weighted by Gasteiger charge is -2.22. The number of aromatic nitrogens is 1. The van der Waals surface area contributed by atoms with Crippen molar-refractivity contribution >= 4 is 17.3 Å². The molecular weight excluding hydrogens is 322 g/mol. The Balaban J connectivity index is 1.80. The van der Waals surface area contributed by atoms with E-state index in [1.165, 1.54) is 12.3 Å². The fraction of sp³-hybridized carbons (Fsp3) is 0.353. The molecule has 122 valence electrons. The minimum atomic E-state index is -0.690. The first-order valence-corrected chi connectivity index (χ1v) is 7.94. The van der Waals surface area contributed by atoms with Crippen molar-refractivity contribution in [2.45, 2.75) is 12.8 Å². The first-order chi connectivity index (χ1) is 11.1. The molecule has 6 heteroatoms. The Kier molecular flexibility index (Phi) is 5.08. The van der Waals surface area contributed by atoms with E-state index < -0.39 is 11.8 Å². The second-order valence-corrected chi connectivity index (χ2v) is 6.03. The summed E-state index contributed by atoms with van der Waals surface area (Å²) in [7, 11) is 0. The molecule has 0 saturated carbocycles. The van der Waals surface area contributed by atoms with Gasteiger partial charge in [0.05, 0.1) is 5.02 Å². The fourth-order valence-electron chi connectivity index (χ4n) is 2.67. The summed E-state index contributed by atoms with van der Waals surface area (Å²) in [6.45, 7) is 2.37. The summed E-state index contributed by atoms with van der Waals surface area (Å²) >= 11 is 6.02. The maximum Gasteiger partial charge on any atom is 0.213 e. The standard InChI is InChI=1S/C17H17ClF2N2O/c18-15-10-22-17(20)8-13(15)14-7-12(1-2-16(14)19)21-9-11-3-5-23-6-4-11/h1-2,7-8,10-11,21H,3-6,9H2. The van der Waals surface area contributed by atoms with Crippen LogP contribution in [-0.2, 0) is 4.74 Å². The van der Waals surface area contributed by atoms with E-state index in [1.807, 2.05) is 0 Å². The van der Waals surface area contributed by atoms with E-state index >= 15 is 0 Å². The number of anilines is 1. The van der Waals surface area contributed by atoms with E-state index in [0.29, 0.717) is 11.5 Å². The molecule has 2 heterocycles. The maximum absolute atomic E-state index is 14.1. The topological polar surface area (TPSA) is 34.1 Å². The summed E-state index contributed by atoms with van der Waals surface area (Å²) in [6.07, 6.45) is 3.22. The Bertz CT molecular complexity index is 690. The van der Waals surface area contributed by atoms with Crippen LogP contribution in [-0.4, -0.2) is 24.7 Å². The molecule has 3 rings (SSSR count). The average Bonchev–Trinajstić information content (AvgIpc) is 2.57. The second kappa shape index (κ2) is 7.23. The Labute approximate surface area is 138 Å². The number of halogens is 3. The van der Waals surface area contributed by atoms with Crippen LogP contribution in [0.5, 0.6) is 0 Å². The summed E-state index contributed by atoms with van der Waals surface area (Å²) in [5.41, 5.74) is 1.33. The van der Waals surface area contributed by atoms with Gasteiger partial charge < -0.3 is 10.1 Å². The third-order valence-corrected chi connectivity index (χ3v) is 4.32. The van der Waals surface area contributed by atoms with Gasteiger partial charge in [-0.1, -0.05) is 11.6 Å². The number of benzene rings is 1. The Morgan fingerprint density at radius 2 is 1.96 bits per heavy atom. The van der Waals surface area contributed by atoms with E-state index in [0.717, 1.165) is 44.4 Å². The summed E-state index contributed by atoms with van der Waals surface area (Å²) < 4.78 is 32.8. The van der Waals surface area contributed by atoms with Crippen molar-refractivity contribution in [3.05, 3.63) is 47.2 Å². The van der Waals surface area contributed by atoms with Crippen LogP contribution in [0, 0.1) is 17.7 Å². The van der Waals surface area contributed by atoms with Crippen LogP contribution < -0.4 is 5.32 Å². The van der Waals surface area contributed by atoms with Crippen molar-refractivity contribution in [2.75, 3.05) is 25.1 Å². The Hall–Kier alpha value is -1.72. The summed E-state index contributed by atoms with van der Waals surface area (Å²) in [5.74, 6) is -0.599. The molecule has 0 aliphatic carbocycles. The van der Waals surface area contributed by atoms with Crippen molar-refractivity contribution in [3.63, 3.8) is 0 Å². The van der Waals surface area contributed by atoms with Crippen LogP contribution in [0.4, 0.5) is 14.5 Å². The Morgan fingerprint density at radius 1 is 1.17 bits per heavy atom. The van der Waals surface area contributed by atoms with E-state index in [-0.39, 0.29) is 10.6 Å². The van der Waals surface area contributed by atoms with Crippen molar-refractivity contribution in [3.8, 4) is 11.1 Å². The van der Waals surface area contributed by atoms with Gasteiger partial charge in [0.2, 0.25) is 5.95 Å². The lowest BCUT2D eigenvalue weighted by atomic mass is 10.00. The van der Waals surface area contributed by atoms with Gasteiger partial charge in [-0.3, -0.25) is 0 Å². The number of hydrogen-bond donors (Lipinski definition) is 1. The molecule has 1 aliphatic heterocycles. The van der Waals surface area contributed by atoms with Gasteiger partial charge in [0.25, 0.3) is 0 Å². The molecule has 0 unspecified atom stereocenters. The highest BCUT2D eigenvalue weighted by atomic mass is 35.5. The minimum Gasteiger partial charge on any atom is -0.385 e. The molecule has 3 nitrogen and oxygen atoms in total. The third-order valence-electron chi connectivity index (χ3n) is 4.01. The number of nitrogens with zero attached hydrogens (tertiary/aromatic N) is 1. The van der Waals surface area contributed by atoms with Gasteiger partial charge in [-0.05, 0) is 37.0 Å². The molecule has 0 radical (unpaired) electrons. The van der Waals surface area contributed by atoms with Crippen molar-refractivity contribution in [1.29, 1.82) is 0 Å². The van der Waals surface area contributed by atoms with Crippen molar-refractivity contribution in [2.24, 2.45) is 5.92 Å². The van der Waals surface area contributed by atoms with E-state index in [9.17, 15) is 8.78 Å². The Morgan fingerprint density at radius 3 is 2.74 bits per heavy atom. The van der Waals surface area contributed by atoms with Crippen molar-refractivity contribution < 1.29 is 13.5 Å². The largest absolute Gasteiger partial charge is 0.385 e. The van der Waals surface area contributed by atoms with Crippen LogP contribution >= 0.6 is 11.6 Å². The van der Waals surface area contributed by atoms with Gasteiger partial charge >= 0.3 is 0 Å². The van der Waals surface area contributed by atoms with Gasteiger partial charge in [-0.15, -0.1) is 0 Å². The number of rotatable bonds is 4. The third kappa shape index (κ3) is 3.98. The molecule has 1 fully saturated rings. The molecule has 2 aromatic rings. The zero-order valence-electron chi connectivity index (χ0n) is 12.5. The smallest absolute Gasteiger partial charge is 0.213 e. The molecule has 0 atom stereocenters. The molecule has 23 heavy (non-hydrogen) atoms. The van der Waals surface area contributed by atoms with Crippen LogP contribution in [0.3, 0.4) is 0 Å². The molecule has 1 aliphatic rings. The van der Waals surface area contributed by atoms with Crippen LogP contribution in [0.25, 0.3) is 11.1 Å². The number of nitrogens with one attached hydrogen (secondary N) is 1. The molecule has 1 aromatic heterocycles. The second-order valence-electron chi connectivity index (χ2n) is 5.62. The summed E-state index contributed by atoms with van der Waals surface area (Å²) in [6, 6.07) is 5.82. The molecule has 0 bridgehead atoms. The van der Waals surface area contributed by atoms with Gasteiger partial charge in [0.1, 0.15) is 5.82 Å². The lowest BCUT2D eigenvalue weighted by Crippen LogP contribution is -2.22. The highest BCUT2D eigenvalue weighted by molar-refractivity contribution is 6.33. The monoisotopic (exact) mass is 338 g/mol. The van der Waals surface area contributed by atoms with Gasteiger partial charge in [-0.25, -0.2) is 9.37 Å². The van der Waals surface area contributed by atoms with Gasteiger partial charge in [0, 0.05) is 48.8 Å². The molecule has 0 spiro atoms. The maximum atomic E-state index is 14.1. The molecule has 1 saturated heterocycles. The predicted molar refractivity (Wildman–Crippen MR) is 86.6 cm³/mol. The number of ether oxygens (including phenoxy) is 1. The highest BCUT2D eigenvalue weighted by Crippen LogP contribution is 2.32. The van der Waals surface area contributed by atoms with E-state index in [4.69, 9.17) is 16.3 Å². The van der Waals surface area contributed by atoms with E-state index in [1.54, 1.807) is 12.1 Å². The first kappa shape index (κ1) is 16.1. The first-order valence-electron chi connectivity index (χ1n) is 7.56. The zero-order valence-corrected chi connectivity index (χ0v) is 13.2.